The number of hydrogen-bond acceptors (Lipinski definition) is 2. The lowest BCUT2D eigenvalue weighted by atomic mass is 9.88. The third-order valence-corrected chi connectivity index (χ3v) is 4.57. The second kappa shape index (κ2) is 6.52. The van der Waals surface area contributed by atoms with Crippen molar-refractivity contribution in [3.63, 3.8) is 0 Å². The van der Waals surface area contributed by atoms with Crippen LogP contribution in [0.5, 0.6) is 0 Å². The number of aryl methyl sites for hydroxylation is 1. The van der Waals surface area contributed by atoms with Crippen molar-refractivity contribution in [2.75, 3.05) is 0 Å². The molecule has 0 spiro atoms. The molecule has 1 aromatic carbocycles. The van der Waals surface area contributed by atoms with Crippen LogP contribution in [0.2, 0.25) is 0 Å². The van der Waals surface area contributed by atoms with Gasteiger partial charge in [0.25, 0.3) is 5.91 Å². The van der Waals surface area contributed by atoms with E-state index in [-0.39, 0.29) is 11.7 Å². The van der Waals surface area contributed by atoms with Gasteiger partial charge >= 0.3 is 0 Å². The minimum Gasteiger partial charge on any atom is -0.341 e. The summed E-state index contributed by atoms with van der Waals surface area (Å²) in [4.78, 5) is 12.6. The molecule has 2 aromatic rings. The van der Waals surface area contributed by atoms with Crippen LogP contribution in [-0.2, 0) is 12.0 Å². The largest absolute Gasteiger partial charge is 0.341 e. The van der Waals surface area contributed by atoms with Crippen molar-refractivity contribution in [2.45, 2.75) is 51.0 Å². The second-order valence-corrected chi connectivity index (χ2v) is 6.28. The highest BCUT2D eigenvalue weighted by atomic mass is 19.1. The summed E-state index contributed by atoms with van der Waals surface area (Å²) >= 11 is 0. The van der Waals surface area contributed by atoms with Crippen LogP contribution < -0.4 is 5.32 Å². The third-order valence-electron chi connectivity index (χ3n) is 4.57. The fourth-order valence-corrected chi connectivity index (χ4v) is 3.41. The summed E-state index contributed by atoms with van der Waals surface area (Å²) in [5.74, 6) is -0.470. The number of amides is 1. The molecule has 122 valence electrons. The number of carbonyl (C=O) groups excluding carboxylic acids is 1. The molecule has 0 bridgehead atoms. The summed E-state index contributed by atoms with van der Waals surface area (Å²) in [6.07, 6.45) is 5.57. The predicted molar refractivity (Wildman–Crippen MR) is 86.6 cm³/mol. The lowest BCUT2D eigenvalue weighted by Gasteiger charge is -2.30. The van der Waals surface area contributed by atoms with Gasteiger partial charge in [-0.15, -0.1) is 0 Å². The first-order chi connectivity index (χ1) is 11.1. The van der Waals surface area contributed by atoms with E-state index in [4.69, 9.17) is 0 Å². The molecular formula is C18H22FN3O. The van der Waals surface area contributed by atoms with Crippen LogP contribution in [0.3, 0.4) is 0 Å². The predicted octanol–water partition coefficient (Wildman–Crippen LogP) is 3.70. The Labute approximate surface area is 135 Å². The van der Waals surface area contributed by atoms with Crippen LogP contribution >= 0.6 is 0 Å². The van der Waals surface area contributed by atoms with Gasteiger partial charge in [-0.3, -0.25) is 9.89 Å². The number of rotatable bonds is 5. The molecule has 1 saturated carbocycles. The number of carbonyl (C=O) groups is 1. The molecule has 0 aliphatic heterocycles. The number of H-pyrrole nitrogens is 1. The second-order valence-electron chi connectivity index (χ2n) is 6.28. The summed E-state index contributed by atoms with van der Waals surface area (Å²) < 4.78 is 13.6. The van der Waals surface area contributed by atoms with Gasteiger partial charge in [0.2, 0.25) is 0 Å². The van der Waals surface area contributed by atoms with Crippen molar-refractivity contribution >= 4 is 5.91 Å². The van der Waals surface area contributed by atoms with E-state index in [2.05, 4.69) is 22.4 Å². The van der Waals surface area contributed by atoms with Gasteiger partial charge in [-0.05, 0) is 43.0 Å². The van der Waals surface area contributed by atoms with Crippen molar-refractivity contribution in [3.05, 3.63) is 53.1 Å². The van der Waals surface area contributed by atoms with Gasteiger partial charge in [-0.25, -0.2) is 4.39 Å². The third kappa shape index (κ3) is 3.28. The first kappa shape index (κ1) is 15.7. The summed E-state index contributed by atoms with van der Waals surface area (Å²) in [5, 5.41) is 10.1. The van der Waals surface area contributed by atoms with Gasteiger partial charge in [-0.1, -0.05) is 38.3 Å². The van der Waals surface area contributed by atoms with Gasteiger partial charge < -0.3 is 5.32 Å². The summed E-state index contributed by atoms with van der Waals surface area (Å²) in [5.41, 5.74) is 1.72. The van der Waals surface area contributed by atoms with E-state index in [0.29, 0.717) is 5.69 Å². The van der Waals surface area contributed by atoms with Crippen molar-refractivity contribution in [3.8, 4) is 0 Å². The van der Waals surface area contributed by atoms with Crippen LogP contribution in [-0.4, -0.2) is 16.1 Å². The Morgan fingerprint density at radius 3 is 2.83 bits per heavy atom. The Balaban J connectivity index is 1.83. The maximum absolute atomic E-state index is 13.6. The topological polar surface area (TPSA) is 57.8 Å². The maximum atomic E-state index is 13.6. The summed E-state index contributed by atoms with van der Waals surface area (Å²) in [6, 6.07) is 8.34. The SMILES string of the molecule is CCCc1cc(C(=O)NC2(c3cccc(F)c3)CCCC2)n[nH]1. The molecule has 0 unspecified atom stereocenters. The highest BCUT2D eigenvalue weighted by molar-refractivity contribution is 5.93. The number of aromatic amines is 1. The minimum absolute atomic E-state index is 0.199. The number of benzene rings is 1. The molecule has 0 atom stereocenters. The van der Waals surface area contributed by atoms with Crippen molar-refractivity contribution in [1.82, 2.24) is 15.5 Å². The number of halogens is 1. The molecule has 1 heterocycles. The Hall–Kier alpha value is -2.17. The molecule has 23 heavy (non-hydrogen) atoms. The first-order valence-electron chi connectivity index (χ1n) is 8.26. The van der Waals surface area contributed by atoms with Crippen LogP contribution in [0, 0.1) is 5.82 Å². The molecule has 1 aliphatic rings. The van der Waals surface area contributed by atoms with Gasteiger partial charge in [0.1, 0.15) is 11.5 Å². The fraction of sp³-hybridized carbons (Fsp3) is 0.444. The maximum Gasteiger partial charge on any atom is 0.272 e. The van der Waals surface area contributed by atoms with E-state index in [1.807, 2.05) is 6.07 Å². The first-order valence-corrected chi connectivity index (χ1v) is 8.26. The Morgan fingerprint density at radius 2 is 2.13 bits per heavy atom. The molecule has 0 saturated heterocycles. The zero-order valence-electron chi connectivity index (χ0n) is 13.4. The van der Waals surface area contributed by atoms with E-state index in [0.717, 1.165) is 49.8 Å². The van der Waals surface area contributed by atoms with E-state index in [1.165, 1.54) is 12.1 Å². The zero-order valence-corrected chi connectivity index (χ0v) is 13.4. The molecule has 3 rings (SSSR count). The van der Waals surface area contributed by atoms with Crippen LogP contribution in [0.1, 0.15) is 60.8 Å². The number of nitrogens with zero attached hydrogens (tertiary/aromatic N) is 1. The fourth-order valence-electron chi connectivity index (χ4n) is 3.41. The highest BCUT2D eigenvalue weighted by Crippen LogP contribution is 2.39. The number of nitrogens with one attached hydrogen (secondary N) is 2. The average Bonchev–Trinajstić information content (AvgIpc) is 3.18. The lowest BCUT2D eigenvalue weighted by molar-refractivity contribution is 0.0892. The van der Waals surface area contributed by atoms with Gasteiger partial charge in [0.05, 0.1) is 5.54 Å². The number of hydrogen-bond donors (Lipinski definition) is 2. The lowest BCUT2D eigenvalue weighted by Crippen LogP contribution is -2.44. The normalized spacial score (nSPS) is 16.4. The number of aromatic nitrogens is 2. The zero-order chi connectivity index (χ0) is 16.3. The monoisotopic (exact) mass is 315 g/mol. The molecule has 0 radical (unpaired) electrons. The summed E-state index contributed by atoms with van der Waals surface area (Å²) in [7, 11) is 0. The Bertz CT molecular complexity index is 689. The van der Waals surface area contributed by atoms with Gasteiger partial charge in [0.15, 0.2) is 0 Å². The van der Waals surface area contributed by atoms with Gasteiger partial charge in [-0.2, -0.15) is 5.10 Å². The van der Waals surface area contributed by atoms with Crippen LogP contribution in [0.25, 0.3) is 0 Å². The molecular weight excluding hydrogens is 293 g/mol. The van der Waals surface area contributed by atoms with Crippen LogP contribution in [0.4, 0.5) is 4.39 Å². The van der Waals surface area contributed by atoms with E-state index >= 15 is 0 Å². The van der Waals surface area contributed by atoms with Crippen molar-refractivity contribution < 1.29 is 9.18 Å². The van der Waals surface area contributed by atoms with Crippen molar-refractivity contribution in [1.29, 1.82) is 0 Å². The Kier molecular flexibility index (Phi) is 4.46. The van der Waals surface area contributed by atoms with E-state index in [9.17, 15) is 9.18 Å². The molecule has 1 amide bonds. The van der Waals surface area contributed by atoms with E-state index in [1.54, 1.807) is 12.1 Å². The quantitative estimate of drug-likeness (QED) is 0.884. The standard InChI is InChI=1S/C18H22FN3O/c1-2-6-15-12-16(22-21-15)17(23)20-18(9-3-4-10-18)13-7-5-8-14(19)11-13/h5,7-8,11-12H,2-4,6,9-10H2,1H3,(H,20,23)(H,21,22). The average molecular weight is 315 g/mol. The van der Waals surface area contributed by atoms with Gasteiger partial charge in [0, 0.05) is 5.69 Å². The molecule has 1 aromatic heterocycles. The molecule has 1 aliphatic carbocycles. The minimum atomic E-state index is -0.483. The van der Waals surface area contributed by atoms with E-state index < -0.39 is 5.54 Å². The molecule has 1 fully saturated rings. The van der Waals surface area contributed by atoms with Crippen molar-refractivity contribution in [2.24, 2.45) is 0 Å². The molecule has 2 N–H and O–H groups in total. The van der Waals surface area contributed by atoms with Crippen LogP contribution in [0.15, 0.2) is 30.3 Å². The summed E-state index contributed by atoms with van der Waals surface area (Å²) in [6.45, 7) is 2.08. The highest BCUT2D eigenvalue weighted by Gasteiger charge is 2.37. The smallest absolute Gasteiger partial charge is 0.272 e. The molecule has 5 heteroatoms. The molecule has 4 nitrogen and oxygen atoms in total. The Morgan fingerprint density at radius 1 is 1.35 bits per heavy atom.